The fourth-order valence-corrected chi connectivity index (χ4v) is 5.85. The number of β-lactam (4-membered cyclic amide) rings is 1. The Morgan fingerprint density at radius 3 is 2.80 bits per heavy atom. The Morgan fingerprint density at radius 1 is 1.49 bits per heavy atom. The summed E-state index contributed by atoms with van der Waals surface area (Å²) < 4.78 is 7.39. The average Bonchev–Trinajstić information content (AvgIpc) is 3.45. The van der Waals surface area contributed by atoms with Crippen LogP contribution in [0.15, 0.2) is 22.6 Å². The number of thioether (sulfide) groups is 2. The standard InChI is InChI=1S/C17H19N9O7S2/c1-7(24-4-9(26(31)32)13(20-24)33-3)12(27)18-10-14(28)25-11(16(29)30)8(5-34-15(10)25)6-35-17-19-21-22-23(17)2/h4,7,10,15H,5-6H2,1-3H3,(H,18,27)(H,29,30)/t7-,10-,15+/m0/s1. The third-order valence-electron chi connectivity index (χ3n) is 5.35. The number of carbonyl (C=O) groups excluding carboxylic acids is 2. The first-order chi connectivity index (χ1) is 16.6. The molecule has 0 aromatic carbocycles. The van der Waals surface area contributed by atoms with Crippen LogP contribution in [0.3, 0.4) is 0 Å². The first kappa shape index (κ1) is 24.5. The largest absolute Gasteiger partial charge is 0.477 e. The molecule has 18 heteroatoms. The fourth-order valence-electron chi connectivity index (χ4n) is 3.52. The fraction of sp³-hybridized carbons (Fsp3) is 0.471. The Bertz CT molecular complexity index is 1240. The summed E-state index contributed by atoms with van der Waals surface area (Å²) in [6, 6.07) is -1.94. The zero-order valence-electron chi connectivity index (χ0n) is 18.5. The van der Waals surface area contributed by atoms with Crippen LogP contribution in [0.2, 0.25) is 0 Å². The van der Waals surface area contributed by atoms with Crippen molar-refractivity contribution in [3.05, 3.63) is 27.6 Å². The lowest BCUT2D eigenvalue weighted by Crippen LogP contribution is -2.71. The predicted molar refractivity (Wildman–Crippen MR) is 119 cm³/mol. The topological polar surface area (TPSA) is 200 Å². The van der Waals surface area contributed by atoms with Crippen molar-refractivity contribution in [1.29, 1.82) is 0 Å². The number of aliphatic carboxylic acids is 1. The number of carboxylic acid groups (broad SMARTS) is 1. The van der Waals surface area contributed by atoms with Crippen molar-refractivity contribution in [2.24, 2.45) is 7.05 Å². The van der Waals surface area contributed by atoms with Gasteiger partial charge in [0.15, 0.2) is 0 Å². The summed E-state index contributed by atoms with van der Waals surface area (Å²) in [6.07, 6.45) is 1.06. The molecule has 3 atom stereocenters. The Hall–Kier alpha value is -3.67. The number of nitrogens with zero attached hydrogens (tertiary/aromatic N) is 8. The van der Waals surface area contributed by atoms with E-state index in [2.05, 4.69) is 25.9 Å². The van der Waals surface area contributed by atoms with Gasteiger partial charge in [0.2, 0.25) is 11.1 Å². The molecule has 2 aromatic heterocycles. The maximum absolute atomic E-state index is 12.9. The number of nitrogens with one attached hydrogen (secondary N) is 1. The molecule has 2 amide bonds. The smallest absolute Gasteiger partial charge is 0.352 e. The number of ether oxygens (including phenoxy) is 1. The summed E-state index contributed by atoms with van der Waals surface area (Å²) >= 11 is 2.57. The quantitative estimate of drug-likeness (QED) is 0.182. The number of fused-ring (bicyclic) bond motifs is 1. The lowest BCUT2D eigenvalue weighted by molar-refractivity contribution is -0.385. The van der Waals surface area contributed by atoms with Gasteiger partial charge in [0, 0.05) is 18.6 Å². The minimum Gasteiger partial charge on any atom is -0.477 e. The van der Waals surface area contributed by atoms with E-state index >= 15 is 0 Å². The number of hydrogen-bond acceptors (Lipinski definition) is 12. The Balaban J connectivity index is 1.46. The normalized spacial score (nSPS) is 20.2. The van der Waals surface area contributed by atoms with Crippen LogP contribution in [-0.4, -0.2) is 92.7 Å². The summed E-state index contributed by atoms with van der Waals surface area (Å²) in [4.78, 5) is 49.2. The third-order valence-corrected chi connectivity index (χ3v) is 7.79. The Morgan fingerprint density at radius 2 is 2.23 bits per heavy atom. The third kappa shape index (κ3) is 4.41. The molecule has 1 saturated heterocycles. The van der Waals surface area contributed by atoms with Gasteiger partial charge in [-0.2, -0.15) is 0 Å². The molecule has 2 aliphatic rings. The molecule has 0 saturated carbocycles. The summed E-state index contributed by atoms with van der Waals surface area (Å²) in [5.74, 6) is -2.06. The second-order valence-electron chi connectivity index (χ2n) is 7.46. The molecule has 35 heavy (non-hydrogen) atoms. The first-order valence-corrected chi connectivity index (χ1v) is 12.0. The van der Waals surface area contributed by atoms with E-state index in [-0.39, 0.29) is 17.3 Å². The van der Waals surface area contributed by atoms with Crippen LogP contribution < -0.4 is 10.1 Å². The van der Waals surface area contributed by atoms with Crippen molar-refractivity contribution in [2.45, 2.75) is 29.5 Å². The van der Waals surface area contributed by atoms with E-state index < -0.39 is 45.9 Å². The van der Waals surface area contributed by atoms with Crippen LogP contribution in [0.5, 0.6) is 5.88 Å². The van der Waals surface area contributed by atoms with E-state index in [1.54, 1.807) is 7.05 Å². The van der Waals surface area contributed by atoms with E-state index in [1.807, 2.05) is 0 Å². The molecule has 2 N–H and O–H groups in total. The second-order valence-corrected chi connectivity index (χ2v) is 9.51. The summed E-state index contributed by atoms with van der Waals surface area (Å²) in [6.45, 7) is 1.46. The van der Waals surface area contributed by atoms with Crippen molar-refractivity contribution < 1.29 is 29.2 Å². The number of hydrogen-bond donors (Lipinski definition) is 2. The number of carbonyl (C=O) groups is 3. The number of tetrazole rings is 1. The van der Waals surface area contributed by atoms with Gasteiger partial charge in [0.1, 0.15) is 29.4 Å². The number of nitro groups is 1. The molecule has 2 aromatic rings. The van der Waals surface area contributed by atoms with Crippen molar-refractivity contribution in [3.63, 3.8) is 0 Å². The molecule has 4 heterocycles. The van der Waals surface area contributed by atoms with Crippen LogP contribution in [0, 0.1) is 10.1 Å². The van der Waals surface area contributed by atoms with Crippen molar-refractivity contribution in [2.75, 3.05) is 18.6 Å². The van der Waals surface area contributed by atoms with E-state index in [1.165, 1.54) is 47.1 Å². The lowest BCUT2D eigenvalue weighted by atomic mass is 10.0. The average molecular weight is 526 g/mol. The lowest BCUT2D eigenvalue weighted by Gasteiger charge is -2.49. The highest BCUT2D eigenvalue weighted by molar-refractivity contribution is 8.01. The molecule has 16 nitrogen and oxygen atoms in total. The van der Waals surface area contributed by atoms with E-state index in [0.717, 1.165) is 10.9 Å². The highest BCUT2D eigenvalue weighted by Gasteiger charge is 2.54. The monoisotopic (exact) mass is 525 g/mol. The van der Waals surface area contributed by atoms with E-state index in [4.69, 9.17) is 4.74 Å². The molecule has 0 spiro atoms. The number of carboxylic acids is 1. The molecule has 4 rings (SSSR count). The SMILES string of the molecule is COc1nn([C@@H](C)C(=O)N[C@H]2C(=O)N3C(C(=O)O)=C(CSc4nnnn4C)CS[C@H]23)cc1[N+](=O)[O-]. The summed E-state index contributed by atoms with van der Waals surface area (Å²) in [5.41, 5.74) is 0.0150. The number of methoxy groups -OCH3 is 1. The van der Waals surface area contributed by atoms with E-state index in [9.17, 15) is 29.6 Å². The van der Waals surface area contributed by atoms with Gasteiger partial charge in [0.25, 0.3) is 5.91 Å². The maximum atomic E-state index is 12.9. The molecule has 0 radical (unpaired) electrons. The minimum atomic E-state index is -1.25. The van der Waals surface area contributed by atoms with Gasteiger partial charge in [-0.05, 0) is 22.9 Å². The van der Waals surface area contributed by atoms with Crippen molar-refractivity contribution >= 4 is 47.0 Å². The predicted octanol–water partition coefficient (Wildman–Crippen LogP) is -0.585. The van der Waals surface area contributed by atoms with Gasteiger partial charge < -0.3 is 15.2 Å². The molecule has 2 aliphatic heterocycles. The molecular formula is C17H19N9O7S2. The number of aryl methyl sites for hydroxylation is 1. The minimum absolute atomic E-state index is 0.118. The number of rotatable bonds is 9. The highest BCUT2D eigenvalue weighted by atomic mass is 32.2. The van der Waals surface area contributed by atoms with Crippen LogP contribution in [-0.2, 0) is 21.4 Å². The molecular weight excluding hydrogens is 506 g/mol. The zero-order valence-corrected chi connectivity index (χ0v) is 20.1. The van der Waals surface area contributed by atoms with Crippen LogP contribution >= 0.6 is 23.5 Å². The summed E-state index contributed by atoms with van der Waals surface area (Å²) in [7, 11) is 2.88. The van der Waals surface area contributed by atoms with Gasteiger partial charge in [-0.1, -0.05) is 11.8 Å². The van der Waals surface area contributed by atoms with Crippen molar-refractivity contribution in [1.82, 2.24) is 40.2 Å². The molecule has 186 valence electrons. The number of aromatic nitrogens is 6. The van der Waals surface area contributed by atoms with Gasteiger partial charge in [-0.3, -0.25) is 24.6 Å². The van der Waals surface area contributed by atoms with Crippen LogP contribution in [0.25, 0.3) is 0 Å². The van der Waals surface area contributed by atoms with Crippen molar-refractivity contribution in [3.8, 4) is 5.88 Å². The Kier molecular flexibility index (Phi) is 6.66. The van der Waals surface area contributed by atoms with Gasteiger partial charge in [0.05, 0.1) is 12.0 Å². The molecule has 0 unspecified atom stereocenters. The summed E-state index contributed by atoms with van der Waals surface area (Å²) in [5, 5.41) is 38.4. The second kappa shape index (κ2) is 9.53. The van der Waals surface area contributed by atoms with Crippen LogP contribution in [0.1, 0.15) is 13.0 Å². The first-order valence-electron chi connectivity index (χ1n) is 9.97. The molecule has 1 fully saturated rings. The Labute approximate surface area is 205 Å². The van der Waals surface area contributed by atoms with Gasteiger partial charge in [-0.25, -0.2) is 14.2 Å². The molecule has 0 aliphatic carbocycles. The van der Waals surface area contributed by atoms with Gasteiger partial charge in [-0.15, -0.1) is 22.0 Å². The van der Waals surface area contributed by atoms with Crippen LogP contribution in [0.4, 0.5) is 5.69 Å². The number of amides is 2. The van der Waals surface area contributed by atoms with Gasteiger partial charge >= 0.3 is 17.5 Å². The molecule has 0 bridgehead atoms. The highest BCUT2D eigenvalue weighted by Crippen LogP contribution is 2.41. The maximum Gasteiger partial charge on any atom is 0.352 e. The van der Waals surface area contributed by atoms with E-state index in [0.29, 0.717) is 16.5 Å². The zero-order chi connectivity index (χ0) is 25.4.